The van der Waals surface area contributed by atoms with Crippen LogP contribution in [-0.4, -0.2) is 18.0 Å². The first-order valence-electron chi connectivity index (χ1n) is 4.32. The molecule has 0 aliphatic heterocycles. The minimum absolute atomic E-state index is 0. The molecule has 0 atom stereocenters. The first-order chi connectivity index (χ1) is 6.72. The molecule has 1 aromatic carbocycles. The molecule has 1 rings (SSSR count). The number of rotatable bonds is 4. The Kier molecular flexibility index (Phi) is 6.99. The maximum atomic E-state index is 7.05. The molecule has 0 saturated carbocycles. The number of ether oxygens (including phenoxy) is 1. The van der Waals surface area contributed by atoms with Gasteiger partial charge in [0.05, 0.1) is 7.11 Å². The van der Waals surface area contributed by atoms with Gasteiger partial charge in [0.1, 0.15) is 5.75 Å². The number of methoxy groups -OCH3 is 1. The number of halogens is 1. The minimum Gasteiger partial charge on any atom is -0.497 e. The predicted molar refractivity (Wildman–Crippen MR) is 68.3 cm³/mol. The summed E-state index contributed by atoms with van der Waals surface area (Å²) in [5.74, 6) is 1.71. The third kappa shape index (κ3) is 5.54. The minimum atomic E-state index is 0. The molecule has 0 heterocycles. The number of nitrogens with two attached hydrogens (primary N) is 1. The number of nitrogens with one attached hydrogen (secondary N) is 1. The van der Waals surface area contributed by atoms with Crippen molar-refractivity contribution in [1.29, 1.82) is 5.41 Å². The number of hydrogen-bond acceptors (Lipinski definition) is 3. The van der Waals surface area contributed by atoms with Crippen LogP contribution in [0.15, 0.2) is 24.3 Å². The van der Waals surface area contributed by atoms with Gasteiger partial charge in [-0.2, -0.15) is 0 Å². The van der Waals surface area contributed by atoms with Crippen molar-refractivity contribution in [2.45, 2.75) is 6.42 Å². The molecule has 0 fully saturated rings. The van der Waals surface area contributed by atoms with Gasteiger partial charge in [-0.15, -0.1) is 12.4 Å². The summed E-state index contributed by atoms with van der Waals surface area (Å²) in [7, 11) is 1.66. The number of thioether (sulfide) groups is 1. The van der Waals surface area contributed by atoms with Crippen LogP contribution in [-0.2, 0) is 6.42 Å². The molecular weight excluding hydrogens is 232 g/mol. The quantitative estimate of drug-likeness (QED) is 0.633. The van der Waals surface area contributed by atoms with Gasteiger partial charge in [-0.3, -0.25) is 5.41 Å². The third-order valence-electron chi connectivity index (χ3n) is 1.78. The van der Waals surface area contributed by atoms with E-state index in [1.807, 2.05) is 24.3 Å². The molecule has 0 saturated heterocycles. The highest BCUT2D eigenvalue weighted by Gasteiger charge is 1.97. The van der Waals surface area contributed by atoms with E-state index in [4.69, 9.17) is 15.9 Å². The average molecular weight is 247 g/mol. The molecule has 3 nitrogen and oxygen atoms in total. The molecule has 5 heteroatoms. The van der Waals surface area contributed by atoms with Crippen LogP contribution in [0.5, 0.6) is 5.75 Å². The lowest BCUT2D eigenvalue weighted by molar-refractivity contribution is 0.414. The fourth-order valence-corrected chi connectivity index (χ4v) is 1.66. The highest BCUT2D eigenvalue weighted by Crippen LogP contribution is 2.14. The lowest BCUT2D eigenvalue weighted by atomic mass is 10.2. The Morgan fingerprint density at radius 1 is 1.53 bits per heavy atom. The Morgan fingerprint density at radius 2 is 2.27 bits per heavy atom. The largest absolute Gasteiger partial charge is 0.497 e. The van der Waals surface area contributed by atoms with E-state index in [-0.39, 0.29) is 17.6 Å². The van der Waals surface area contributed by atoms with Crippen molar-refractivity contribution in [3.63, 3.8) is 0 Å². The Balaban J connectivity index is 0.00000196. The molecule has 0 unspecified atom stereocenters. The maximum absolute atomic E-state index is 7.05. The van der Waals surface area contributed by atoms with Crippen LogP contribution < -0.4 is 10.5 Å². The van der Waals surface area contributed by atoms with Crippen molar-refractivity contribution in [1.82, 2.24) is 0 Å². The molecule has 0 aromatic heterocycles. The summed E-state index contributed by atoms with van der Waals surface area (Å²) < 4.78 is 5.11. The van der Waals surface area contributed by atoms with E-state index in [0.29, 0.717) is 0 Å². The summed E-state index contributed by atoms with van der Waals surface area (Å²) in [6.07, 6.45) is 0.904. The molecule has 0 radical (unpaired) electrons. The van der Waals surface area contributed by atoms with Gasteiger partial charge < -0.3 is 10.5 Å². The standard InChI is InChI=1S/C10H14N2OS.ClH/c1-13-9-4-2-3-8(7-9)5-6-14-10(11)12;/h2-4,7H,5-6H2,1H3,(H3,11,12);1H. The van der Waals surface area contributed by atoms with Crippen molar-refractivity contribution in [3.8, 4) is 5.75 Å². The van der Waals surface area contributed by atoms with Gasteiger partial charge in [0.15, 0.2) is 5.17 Å². The van der Waals surface area contributed by atoms with Crippen LogP contribution in [0, 0.1) is 5.41 Å². The highest BCUT2D eigenvalue weighted by atomic mass is 35.5. The Morgan fingerprint density at radius 3 is 2.87 bits per heavy atom. The lowest BCUT2D eigenvalue weighted by Gasteiger charge is -2.03. The van der Waals surface area contributed by atoms with Crippen LogP contribution >= 0.6 is 24.2 Å². The summed E-state index contributed by atoms with van der Waals surface area (Å²) >= 11 is 1.36. The van der Waals surface area contributed by atoms with Gasteiger partial charge in [-0.05, 0) is 24.1 Å². The number of hydrogen-bond donors (Lipinski definition) is 2. The molecule has 1 aromatic rings. The lowest BCUT2D eigenvalue weighted by Crippen LogP contribution is -2.05. The molecule has 0 amide bonds. The number of benzene rings is 1. The summed E-state index contributed by atoms with van der Waals surface area (Å²) in [6, 6.07) is 7.93. The number of amidine groups is 1. The van der Waals surface area contributed by atoms with E-state index in [1.54, 1.807) is 7.11 Å². The Bertz CT molecular complexity index is 320. The molecule has 0 bridgehead atoms. The molecule has 15 heavy (non-hydrogen) atoms. The van der Waals surface area contributed by atoms with E-state index in [2.05, 4.69) is 0 Å². The maximum Gasteiger partial charge on any atom is 0.151 e. The average Bonchev–Trinajstić information content (AvgIpc) is 2.18. The van der Waals surface area contributed by atoms with Gasteiger partial charge in [0, 0.05) is 5.75 Å². The molecule has 3 N–H and O–H groups in total. The first kappa shape index (κ1) is 14.1. The third-order valence-corrected chi connectivity index (χ3v) is 2.50. The second-order valence-electron chi connectivity index (χ2n) is 2.81. The van der Waals surface area contributed by atoms with Gasteiger partial charge in [-0.1, -0.05) is 23.9 Å². The fourth-order valence-electron chi connectivity index (χ4n) is 1.11. The number of aryl methyl sites for hydroxylation is 1. The highest BCUT2D eigenvalue weighted by molar-refractivity contribution is 8.13. The van der Waals surface area contributed by atoms with Gasteiger partial charge in [0.2, 0.25) is 0 Å². The van der Waals surface area contributed by atoms with E-state index < -0.39 is 0 Å². The van der Waals surface area contributed by atoms with E-state index in [0.717, 1.165) is 17.9 Å². The van der Waals surface area contributed by atoms with Crippen molar-refractivity contribution in [2.75, 3.05) is 12.9 Å². The van der Waals surface area contributed by atoms with E-state index in [1.165, 1.54) is 17.3 Å². The van der Waals surface area contributed by atoms with E-state index in [9.17, 15) is 0 Å². The smallest absolute Gasteiger partial charge is 0.151 e. The molecular formula is C10H15ClN2OS. The zero-order chi connectivity index (χ0) is 10.4. The molecule has 0 spiro atoms. The van der Waals surface area contributed by atoms with Gasteiger partial charge in [0.25, 0.3) is 0 Å². The van der Waals surface area contributed by atoms with Gasteiger partial charge >= 0.3 is 0 Å². The second kappa shape index (κ2) is 7.43. The molecule has 0 aliphatic rings. The van der Waals surface area contributed by atoms with Crippen LogP contribution in [0.25, 0.3) is 0 Å². The fraction of sp³-hybridized carbons (Fsp3) is 0.300. The van der Waals surface area contributed by atoms with Crippen molar-refractivity contribution in [3.05, 3.63) is 29.8 Å². The zero-order valence-corrected chi connectivity index (χ0v) is 10.2. The Labute approximate surface area is 100 Å². The van der Waals surface area contributed by atoms with Crippen LogP contribution in [0.3, 0.4) is 0 Å². The van der Waals surface area contributed by atoms with Crippen LogP contribution in [0.2, 0.25) is 0 Å². The monoisotopic (exact) mass is 246 g/mol. The van der Waals surface area contributed by atoms with Crippen molar-refractivity contribution < 1.29 is 4.74 Å². The molecule has 0 aliphatic carbocycles. The summed E-state index contributed by atoms with van der Waals surface area (Å²) in [4.78, 5) is 0. The topological polar surface area (TPSA) is 59.1 Å². The second-order valence-corrected chi connectivity index (χ2v) is 3.95. The van der Waals surface area contributed by atoms with Crippen molar-refractivity contribution >= 4 is 29.3 Å². The summed E-state index contributed by atoms with van der Waals surface area (Å²) in [5.41, 5.74) is 6.44. The van der Waals surface area contributed by atoms with Crippen LogP contribution in [0.1, 0.15) is 5.56 Å². The SMILES string of the molecule is COc1cccc(CCSC(=N)N)c1.Cl. The van der Waals surface area contributed by atoms with Crippen LogP contribution in [0.4, 0.5) is 0 Å². The Hall–Kier alpha value is -0.870. The predicted octanol–water partition coefficient (Wildman–Crippen LogP) is 2.29. The zero-order valence-electron chi connectivity index (χ0n) is 8.53. The van der Waals surface area contributed by atoms with Gasteiger partial charge in [-0.25, -0.2) is 0 Å². The molecule has 84 valence electrons. The van der Waals surface area contributed by atoms with E-state index >= 15 is 0 Å². The van der Waals surface area contributed by atoms with Crippen molar-refractivity contribution in [2.24, 2.45) is 5.73 Å². The summed E-state index contributed by atoms with van der Waals surface area (Å²) in [5, 5.41) is 7.23. The normalized spacial score (nSPS) is 9.13. The summed E-state index contributed by atoms with van der Waals surface area (Å²) in [6.45, 7) is 0. The first-order valence-corrected chi connectivity index (χ1v) is 5.30.